The van der Waals surface area contributed by atoms with E-state index in [-0.39, 0.29) is 0 Å². The second-order valence-electron chi connectivity index (χ2n) is 4.38. The largest absolute Gasteiger partial charge is 0.468 e. The van der Waals surface area contributed by atoms with E-state index >= 15 is 0 Å². The zero-order valence-electron chi connectivity index (χ0n) is 10.8. The second-order valence-corrected chi connectivity index (χ2v) is 5.44. The van der Waals surface area contributed by atoms with Crippen molar-refractivity contribution in [3.05, 3.63) is 53.5 Å². The van der Waals surface area contributed by atoms with Gasteiger partial charge in [-0.15, -0.1) is 11.8 Å². The topological polar surface area (TPSA) is 39.2 Å². The Bertz CT molecular complexity index is 580. The van der Waals surface area contributed by atoms with Crippen molar-refractivity contribution in [2.45, 2.75) is 24.0 Å². The van der Waals surface area contributed by atoms with Crippen LogP contribution in [-0.2, 0) is 6.18 Å². The van der Waals surface area contributed by atoms with Gasteiger partial charge < -0.3 is 10.2 Å². The normalized spacial score (nSPS) is 13.4. The Hall–Kier alpha value is -1.40. The maximum absolute atomic E-state index is 12.6. The SMILES string of the molecule is Cc1occc1SCC(N)c1cccc(C(F)(F)F)c1. The van der Waals surface area contributed by atoms with Crippen molar-refractivity contribution in [2.24, 2.45) is 5.73 Å². The maximum Gasteiger partial charge on any atom is 0.416 e. The van der Waals surface area contributed by atoms with Crippen molar-refractivity contribution in [3.8, 4) is 0 Å². The Morgan fingerprint density at radius 1 is 1.30 bits per heavy atom. The number of nitrogens with two attached hydrogens (primary N) is 1. The number of thioether (sulfide) groups is 1. The van der Waals surface area contributed by atoms with Crippen LogP contribution >= 0.6 is 11.8 Å². The Morgan fingerprint density at radius 3 is 2.65 bits per heavy atom. The fourth-order valence-corrected chi connectivity index (χ4v) is 2.70. The van der Waals surface area contributed by atoms with E-state index in [4.69, 9.17) is 10.2 Å². The zero-order chi connectivity index (χ0) is 14.8. The molecule has 0 fully saturated rings. The van der Waals surface area contributed by atoms with Crippen molar-refractivity contribution < 1.29 is 17.6 Å². The van der Waals surface area contributed by atoms with E-state index in [1.807, 2.05) is 13.0 Å². The first-order valence-corrected chi connectivity index (χ1v) is 6.96. The van der Waals surface area contributed by atoms with Crippen molar-refractivity contribution in [2.75, 3.05) is 5.75 Å². The van der Waals surface area contributed by atoms with Crippen LogP contribution in [0.2, 0.25) is 0 Å². The van der Waals surface area contributed by atoms with Crippen molar-refractivity contribution in [1.82, 2.24) is 0 Å². The summed E-state index contributed by atoms with van der Waals surface area (Å²) in [4.78, 5) is 0.951. The van der Waals surface area contributed by atoms with Crippen LogP contribution in [0.25, 0.3) is 0 Å². The van der Waals surface area contributed by atoms with Gasteiger partial charge in [-0.1, -0.05) is 12.1 Å². The van der Waals surface area contributed by atoms with Crippen molar-refractivity contribution >= 4 is 11.8 Å². The van der Waals surface area contributed by atoms with Gasteiger partial charge in [0.05, 0.1) is 11.8 Å². The van der Waals surface area contributed by atoms with Crippen LogP contribution in [0.1, 0.15) is 22.9 Å². The van der Waals surface area contributed by atoms with Gasteiger partial charge >= 0.3 is 6.18 Å². The van der Waals surface area contributed by atoms with E-state index in [2.05, 4.69) is 0 Å². The van der Waals surface area contributed by atoms with E-state index in [9.17, 15) is 13.2 Å². The average Bonchev–Trinajstić information content (AvgIpc) is 2.81. The molecule has 2 nitrogen and oxygen atoms in total. The lowest BCUT2D eigenvalue weighted by atomic mass is 10.1. The summed E-state index contributed by atoms with van der Waals surface area (Å²) in [5, 5.41) is 0. The standard InChI is InChI=1S/C14H14F3NOS/c1-9-13(5-6-19-9)20-8-12(18)10-3-2-4-11(7-10)14(15,16)17/h2-7,12H,8,18H2,1H3. The van der Waals surface area contributed by atoms with Crippen molar-refractivity contribution in [3.63, 3.8) is 0 Å². The van der Waals surface area contributed by atoms with Gasteiger partial charge in [0.15, 0.2) is 0 Å². The summed E-state index contributed by atoms with van der Waals surface area (Å²) in [7, 11) is 0. The highest BCUT2D eigenvalue weighted by Crippen LogP contribution is 2.32. The molecule has 0 saturated heterocycles. The zero-order valence-corrected chi connectivity index (χ0v) is 11.6. The summed E-state index contributed by atoms with van der Waals surface area (Å²) in [5.74, 6) is 1.27. The summed E-state index contributed by atoms with van der Waals surface area (Å²) in [5.41, 5.74) is 5.76. The molecule has 1 aromatic carbocycles. The highest BCUT2D eigenvalue weighted by atomic mass is 32.2. The van der Waals surface area contributed by atoms with Gasteiger partial charge in [-0.25, -0.2) is 0 Å². The molecule has 1 heterocycles. The first-order valence-electron chi connectivity index (χ1n) is 5.97. The van der Waals surface area contributed by atoms with E-state index in [0.29, 0.717) is 11.3 Å². The Kier molecular flexibility index (Phi) is 4.45. The molecule has 2 N–H and O–H groups in total. The van der Waals surface area contributed by atoms with E-state index in [1.54, 1.807) is 12.3 Å². The summed E-state index contributed by atoms with van der Waals surface area (Å²) in [6.07, 6.45) is -2.77. The van der Waals surface area contributed by atoms with Gasteiger partial charge in [-0.2, -0.15) is 13.2 Å². The van der Waals surface area contributed by atoms with E-state index in [0.717, 1.165) is 22.8 Å². The molecule has 2 rings (SSSR count). The number of rotatable bonds is 4. The minimum absolute atomic E-state index is 0.461. The quantitative estimate of drug-likeness (QED) is 0.851. The lowest BCUT2D eigenvalue weighted by Gasteiger charge is -2.14. The Morgan fingerprint density at radius 2 is 2.05 bits per heavy atom. The third-order valence-electron chi connectivity index (χ3n) is 2.87. The predicted molar refractivity (Wildman–Crippen MR) is 72.5 cm³/mol. The predicted octanol–water partition coefficient (Wildman–Crippen LogP) is 4.40. The molecule has 0 aliphatic heterocycles. The van der Waals surface area contributed by atoms with Crippen LogP contribution in [0.15, 0.2) is 45.9 Å². The van der Waals surface area contributed by atoms with Crippen LogP contribution in [-0.4, -0.2) is 5.75 Å². The van der Waals surface area contributed by atoms with Crippen molar-refractivity contribution in [1.29, 1.82) is 0 Å². The highest BCUT2D eigenvalue weighted by molar-refractivity contribution is 7.99. The first kappa shape index (κ1) is 15.0. The summed E-state index contributed by atoms with van der Waals surface area (Å²) in [6.45, 7) is 1.83. The van der Waals surface area contributed by atoms with Gasteiger partial charge in [-0.05, 0) is 30.7 Å². The fraction of sp³-hybridized carbons (Fsp3) is 0.286. The molecule has 2 aromatic rings. The number of benzene rings is 1. The summed E-state index contributed by atoms with van der Waals surface area (Å²) >= 11 is 1.47. The molecule has 0 amide bonds. The van der Waals surface area contributed by atoms with Crippen LogP contribution in [0.3, 0.4) is 0 Å². The molecule has 0 aliphatic carbocycles. The minimum atomic E-state index is -4.34. The maximum atomic E-state index is 12.6. The molecule has 0 radical (unpaired) electrons. The van der Waals surface area contributed by atoms with Crippen LogP contribution in [0.5, 0.6) is 0 Å². The average molecular weight is 301 g/mol. The van der Waals surface area contributed by atoms with Gasteiger partial charge in [0.2, 0.25) is 0 Å². The number of hydrogen-bond donors (Lipinski definition) is 1. The molecule has 6 heteroatoms. The number of aryl methyl sites for hydroxylation is 1. The minimum Gasteiger partial charge on any atom is -0.468 e. The summed E-state index contributed by atoms with van der Waals surface area (Å²) in [6, 6.07) is 6.50. The number of alkyl halides is 3. The molecular weight excluding hydrogens is 287 g/mol. The highest BCUT2D eigenvalue weighted by Gasteiger charge is 2.30. The molecule has 1 unspecified atom stereocenters. The molecule has 108 valence electrons. The molecule has 0 aliphatic rings. The number of halogens is 3. The smallest absolute Gasteiger partial charge is 0.416 e. The van der Waals surface area contributed by atoms with Gasteiger partial charge in [-0.3, -0.25) is 0 Å². The molecule has 0 spiro atoms. The molecule has 0 saturated carbocycles. The van der Waals surface area contributed by atoms with Crippen LogP contribution in [0.4, 0.5) is 13.2 Å². The monoisotopic (exact) mass is 301 g/mol. The third kappa shape index (κ3) is 3.58. The third-order valence-corrected chi connectivity index (χ3v) is 4.13. The lowest BCUT2D eigenvalue weighted by molar-refractivity contribution is -0.137. The number of hydrogen-bond acceptors (Lipinski definition) is 3. The molecule has 20 heavy (non-hydrogen) atoms. The first-order chi connectivity index (χ1) is 9.38. The molecule has 1 atom stereocenters. The van der Waals surface area contributed by atoms with Gasteiger partial charge in [0, 0.05) is 16.7 Å². The molecule has 1 aromatic heterocycles. The second kappa shape index (κ2) is 5.93. The van der Waals surface area contributed by atoms with Crippen LogP contribution < -0.4 is 5.73 Å². The van der Waals surface area contributed by atoms with E-state index in [1.165, 1.54) is 17.8 Å². The van der Waals surface area contributed by atoms with Gasteiger partial charge in [0.1, 0.15) is 5.76 Å². The van der Waals surface area contributed by atoms with Crippen LogP contribution in [0, 0.1) is 6.92 Å². The Labute approximate surface area is 119 Å². The summed E-state index contributed by atoms with van der Waals surface area (Å²) < 4.78 is 43.1. The van der Waals surface area contributed by atoms with E-state index < -0.39 is 17.8 Å². The van der Waals surface area contributed by atoms with Gasteiger partial charge in [0.25, 0.3) is 0 Å². The molecule has 0 bridgehead atoms. The lowest BCUT2D eigenvalue weighted by Crippen LogP contribution is -2.14. The Balaban J connectivity index is 2.06. The molecular formula is C14H14F3NOS. The fourth-order valence-electron chi connectivity index (χ4n) is 1.74. The number of furan rings is 1.